The van der Waals surface area contributed by atoms with Crippen molar-refractivity contribution in [2.45, 2.75) is 13.1 Å². The number of carbonyl (C=O) groups excluding carboxylic acids is 2. The zero-order valence-corrected chi connectivity index (χ0v) is 20.7. The van der Waals surface area contributed by atoms with E-state index >= 15 is 0 Å². The van der Waals surface area contributed by atoms with Gasteiger partial charge < -0.3 is 24.4 Å². The van der Waals surface area contributed by atoms with E-state index in [0.717, 1.165) is 11.3 Å². The van der Waals surface area contributed by atoms with E-state index in [-0.39, 0.29) is 25.6 Å². The van der Waals surface area contributed by atoms with Crippen molar-refractivity contribution in [1.82, 2.24) is 14.4 Å². The fraction of sp³-hybridized carbons (Fsp3) is 0.280. The van der Waals surface area contributed by atoms with Gasteiger partial charge in [-0.1, -0.05) is 53.5 Å². The first-order valence-electron chi connectivity index (χ1n) is 10.8. The molecule has 3 rings (SSSR count). The number of anilines is 1. The van der Waals surface area contributed by atoms with E-state index in [1.54, 1.807) is 30.2 Å². The highest BCUT2D eigenvalue weighted by Crippen LogP contribution is 2.25. The summed E-state index contributed by atoms with van der Waals surface area (Å²) in [6.07, 6.45) is 1.94. The lowest BCUT2D eigenvalue weighted by Gasteiger charge is -2.28. The Balaban J connectivity index is 1.77. The monoisotopic (exact) mass is 502 g/mol. The van der Waals surface area contributed by atoms with Gasteiger partial charge in [-0.05, 0) is 35.9 Å². The van der Waals surface area contributed by atoms with Gasteiger partial charge in [0.1, 0.15) is 6.54 Å². The van der Waals surface area contributed by atoms with Crippen molar-refractivity contribution < 1.29 is 14.3 Å². The van der Waals surface area contributed by atoms with E-state index in [2.05, 4.69) is 5.32 Å². The summed E-state index contributed by atoms with van der Waals surface area (Å²) in [4.78, 5) is 29.6. The van der Waals surface area contributed by atoms with Crippen molar-refractivity contribution in [1.29, 1.82) is 0 Å². The summed E-state index contributed by atoms with van der Waals surface area (Å²) in [5, 5.41) is 3.54. The molecule has 1 N–H and O–H groups in total. The summed E-state index contributed by atoms with van der Waals surface area (Å²) in [6, 6.07) is 18.0. The molecule has 180 valence electrons. The average molecular weight is 503 g/mol. The molecule has 3 amide bonds. The Kier molecular flexibility index (Phi) is 9.39. The van der Waals surface area contributed by atoms with Crippen molar-refractivity contribution in [3.05, 3.63) is 88.2 Å². The van der Waals surface area contributed by atoms with Gasteiger partial charge in [-0.15, -0.1) is 0 Å². The van der Waals surface area contributed by atoms with Crippen LogP contribution in [0.15, 0.2) is 66.9 Å². The number of aryl methyl sites for hydroxylation is 1. The van der Waals surface area contributed by atoms with Crippen LogP contribution in [-0.2, 0) is 29.7 Å². The van der Waals surface area contributed by atoms with Crippen LogP contribution < -0.4 is 5.32 Å². The fourth-order valence-corrected chi connectivity index (χ4v) is 3.85. The van der Waals surface area contributed by atoms with E-state index in [0.29, 0.717) is 28.8 Å². The second-order valence-corrected chi connectivity index (χ2v) is 8.66. The van der Waals surface area contributed by atoms with Crippen LogP contribution in [0.3, 0.4) is 0 Å². The molecular weight excluding hydrogens is 475 g/mol. The van der Waals surface area contributed by atoms with Crippen LogP contribution in [0.1, 0.15) is 11.3 Å². The predicted octanol–water partition coefficient (Wildman–Crippen LogP) is 5.04. The summed E-state index contributed by atoms with van der Waals surface area (Å²) in [5.74, 6) is -0.182. The minimum Gasteiger partial charge on any atom is -0.383 e. The number of methoxy groups -OCH3 is 1. The van der Waals surface area contributed by atoms with Crippen molar-refractivity contribution >= 4 is 40.8 Å². The molecule has 9 heteroatoms. The first kappa shape index (κ1) is 25.6. The van der Waals surface area contributed by atoms with Gasteiger partial charge in [0.25, 0.3) is 0 Å². The van der Waals surface area contributed by atoms with Crippen molar-refractivity contribution in [3.63, 3.8) is 0 Å². The van der Waals surface area contributed by atoms with Gasteiger partial charge in [-0.2, -0.15) is 0 Å². The molecule has 0 spiro atoms. The number of nitrogens with zero attached hydrogens (tertiary/aromatic N) is 3. The number of hydrogen-bond acceptors (Lipinski definition) is 3. The largest absolute Gasteiger partial charge is 0.383 e. The predicted molar refractivity (Wildman–Crippen MR) is 135 cm³/mol. The number of nitrogens with one attached hydrogen (secondary N) is 1. The number of ether oxygens (including phenoxy) is 1. The molecule has 0 radical (unpaired) electrons. The quantitative estimate of drug-likeness (QED) is 0.422. The highest BCUT2D eigenvalue weighted by molar-refractivity contribution is 6.36. The molecule has 3 aromatic rings. The highest BCUT2D eigenvalue weighted by Gasteiger charge is 2.23. The van der Waals surface area contributed by atoms with Gasteiger partial charge >= 0.3 is 6.03 Å². The lowest BCUT2D eigenvalue weighted by molar-refractivity contribution is -0.133. The number of rotatable bonds is 10. The molecule has 0 unspecified atom stereocenters. The topological polar surface area (TPSA) is 66.8 Å². The molecule has 0 atom stereocenters. The van der Waals surface area contributed by atoms with E-state index < -0.39 is 6.03 Å². The molecule has 0 aliphatic carbocycles. The summed E-state index contributed by atoms with van der Waals surface area (Å²) >= 11 is 12.2. The summed E-state index contributed by atoms with van der Waals surface area (Å²) in [7, 11) is 3.49. The molecule has 0 fully saturated rings. The van der Waals surface area contributed by atoms with Crippen LogP contribution in [0.5, 0.6) is 0 Å². The lowest BCUT2D eigenvalue weighted by atomic mass is 10.2. The number of carbonyl (C=O) groups is 2. The third kappa shape index (κ3) is 7.25. The van der Waals surface area contributed by atoms with E-state index in [4.69, 9.17) is 27.9 Å². The van der Waals surface area contributed by atoms with Crippen LogP contribution in [0.2, 0.25) is 10.0 Å². The highest BCUT2D eigenvalue weighted by atomic mass is 35.5. The molecule has 1 aromatic heterocycles. The summed E-state index contributed by atoms with van der Waals surface area (Å²) in [5.41, 5.74) is 2.41. The first-order chi connectivity index (χ1) is 16.4. The average Bonchev–Trinajstić information content (AvgIpc) is 3.22. The molecule has 1 heterocycles. The normalized spacial score (nSPS) is 10.7. The maximum absolute atomic E-state index is 13.4. The molecular formula is C25H28Cl2N4O3. The third-order valence-corrected chi connectivity index (χ3v) is 5.87. The maximum atomic E-state index is 13.4. The Hall–Kier alpha value is -3.00. The zero-order chi connectivity index (χ0) is 24.5. The standard InChI is InChI=1S/C25H28Cl2N4O3/c1-29-12-6-9-21(29)17-31(16-19-7-4-3-5-8-19)24(32)18-30(13-14-34-2)25(33)28-23-11-10-20(26)15-22(23)27/h3-12,15H,13-14,16-18H2,1-2H3,(H,28,33). The van der Waals surface area contributed by atoms with Crippen molar-refractivity contribution in [2.24, 2.45) is 7.05 Å². The maximum Gasteiger partial charge on any atom is 0.322 e. The Morgan fingerprint density at radius 3 is 2.41 bits per heavy atom. The first-order valence-corrected chi connectivity index (χ1v) is 11.5. The Morgan fingerprint density at radius 1 is 1.00 bits per heavy atom. The minimum absolute atomic E-state index is 0.113. The van der Waals surface area contributed by atoms with Crippen LogP contribution in [0.4, 0.5) is 10.5 Å². The lowest BCUT2D eigenvalue weighted by Crippen LogP contribution is -2.45. The summed E-state index contributed by atoms with van der Waals surface area (Å²) < 4.78 is 7.13. The van der Waals surface area contributed by atoms with Gasteiger partial charge in [-0.3, -0.25) is 4.79 Å². The Labute approximate surface area is 209 Å². The summed E-state index contributed by atoms with van der Waals surface area (Å²) in [6.45, 7) is 1.25. The number of hydrogen-bond donors (Lipinski definition) is 1. The van der Waals surface area contributed by atoms with Gasteiger partial charge in [0, 0.05) is 44.2 Å². The van der Waals surface area contributed by atoms with Crippen molar-refractivity contribution in [3.8, 4) is 0 Å². The van der Waals surface area contributed by atoms with Crippen LogP contribution >= 0.6 is 23.2 Å². The van der Waals surface area contributed by atoms with Gasteiger partial charge in [0.2, 0.25) is 5.91 Å². The number of amides is 3. The van der Waals surface area contributed by atoms with E-state index in [9.17, 15) is 9.59 Å². The third-order valence-electron chi connectivity index (χ3n) is 5.32. The molecule has 0 aliphatic rings. The number of halogens is 2. The molecule has 0 saturated heterocycles. The SMILES string of the molecule is COCCN(CC(=O)N(Cc1ccccc1)Cc1cccn1C)C(=O)Nc1ccc(Cl)cc1Cl. The molecule has 2 aromatic carbocycles. The van der Waals surface area contributed by atoms with Gasteiger partial charge in [0.15, 0.2) is 0 Å². The van der Waals surface area contributed by atoms with Crippen molar-refractivity contribution in [2.75, 3.05) is 32.1 Å². The number of aromatic nitrogens is 1. The molecule has 0 aliphatic heterocycles. The molecule has 7 nitrogen and oxygen atoms in total. The molecule has 34 heavy (non-hydrogen) atoms. The minimum atomic E-state index is -0.451. The van der Waals surface area contributed by atoms with Crippen LogP contribution in [0, 0.1) is 0 Å². The Bertz CT molecular complexity index is 1100. The zero-order valence-electron chi connectivity index (χ0n) is 19.2. The second kappa shape index (κ2) is 12.5. The molecule has 0 bridgehead atoms. The smallest absolute Gasteiger partial charge is 0.322 e. The van der Waals surface area contributed by atoms with Crippen LogP contribution in [-0.4, -0.2) is 53.1 Å². The van der Waals surface area contributed by atoms with E-state index in [1.165, 1.54) is 4.90 Å². The Morgan fingerprint density at radius 2 is 1.76 bits per heavy atom. The van der Waals surface area contributed by atoms with E-state index in [1.807, 2.05) is 60.3 Å². The van der Waals surface area contributed by atoms with Crippen LogP contribution in [0.25, 0.3) is 0 Å². The second-order valence-electron chi connectivity index (χ2n) is 7.81. The number of urea groups is 1. The van der Waals surface area contributed by atoms with Gasteiger partial charge in [-0.25, -0.2) is 4.79 Å². The number of benzene rings is 2. The fourth-order valence-electron chi connectivity index (χ4n) is 3.39. The van der Waals surface area contributed by atoms with Gasteiger partial charge in [0.05, 0.1) is 23.9 Å². The molecule has 0 saturated carbocycles.